The summed E-state index contributed by atoms with van der Waals surface area (Å²) in [7, 11) is 0. The first-order valence-electron chi connectivity index (χ1n) is 13.6. The smallest absolute Gasteiger partial charge is 0.408 e. The van der Waals surface area contributed by atoms with E-state index in [0.29, 0.717) is 5.56 Å². The van der Waals surface area contributed by atoms with E-state index >= 15 is 0 Å². The number of carbonyl (C=O) groups is 4. The molecule has 2 N–H and O–H groups in total. The number of hydrogen-bond donors (Lipinski definition) is 2. The van der Waals surface area contributed by atoms with Crippen LogP contribution in [0.5, 0.6) is 0 Å². The van der Waals surface area contributed by atoms with Crippen molar-refractivity contribution in [1.29, 1.82) is 0 Å². The number of rotatable bonds is 11. The van der Waals surface area contributed by atoms with Crippen molar-refractivity contribution in [2.24, 2.45) is 0 Å². The van der Waals surface area contributed by atoms with Crippen LogP contribution in [0.1, 0.15) is 64.3 Å². The summed E-state index contributed by atoms with van der Waals surface area (Å²) >= 11 is 0. The molecule has 9 heteroatoms. The summed E-state index contributed by atoms with van der Waals surface area (Å²) in [5, 5.41) is 5.30. The second kappa shape index (κ2) is 14.5. The van der Waals surface area contributed by atoms with Crippen LogP contribution in [0.2, 0.25) is 0 Å². The second-order valence-corrected chi connectivity index (χ2v) is 11.8. The average molecular weight is 566 g/mol. The molecule has 0 saturated heterocycles. The number of amides is 3. The summed E-state index contributed by atoms with van der Waals surface area (Å²) in [6, 6.07) is 14.3. The zero-order valence-corrected chi connectivity index (χ0v) is 25.2. The number of hydrogen-bond acceptors (Lipinski definition) is 6. The minimum Gasteiger partial charge on any atom is -0.458 e. The lowest BCUT2D eigenvalue weighted by atomic mass is 10.00. The van der Waals surface area contributed by atoms with Gasteiger partial charge in [-0.3, -0.25) is 9.59 Å². The lowest BCUT2D eigenvalue weighted by Gasteiger charge is -2.32. The fraction of sp³-hybridized carbons (Fsp3) is 0.438. The maximum absolute atomic E-state index is 14.0. The Labute approximate surface area is 243 Å². The predicted molar refractivity (Wildman–Crippen MR) is 158 cm³/mol. The average Bonchev–Trinajstić information content (AvgIpc) is 2.85. The molecule has 222 valence electrons. The zero-order valence-electron chi connectivity index (χ0n) is 25.2. The van der Waals surface area contributed by atoms with E-state index in [1.54, 1.807) is 59.7 Å². The molecule has 2 aromatic rings. The lowest BCUT2D eigenvalue weighted by Crippen LogP contribution is -2.52. The number of esters is 1. The van der Waals surface area contributed by atoms with E-state index in [9.17, 15) is 19.2 Å². The first-order chi connectivity index (χ1) is 19.1. The molecule has 0 saturated carbocycles. The molecule has 0 bridgehead atoms. The maximum Gasteiger partial charge on any atom is 0.408 e. The van der Waals surface area contributed by atoms with Crippen molar-refractivity contribution in [3.05, 3.63) is 83.9 Å². The third-order valence-corrected chi connectivity index (χ3v) is 5.64. The molecule has 0 aliphatic carbocycles. The lowest BCUT2D eigenvalue weighted by molar-refractivity contribution is -0.159. The third-order valence-electron chi connectivity index (χ3n) is 5.64. The third kappa shape index (κ3) is 11.5. The number of aryl methyl sites for hydroxylation is 1. The maximum atomic E-state index is 14.0. The van der Waals surface area contributed by atoms with Crippen LogP contribution in [0.15, 0.2) is 67.3 Å². The molecule has 0 aliphatic heterocycles. The summed E-state index contributed by atoms with van der Waals surface area (Å²) < 4.78 is 10.9. The molecule has 2 unspecified atom stereocenters. The molecule has 0 heterocycles. The molecule has 2 aromatic carbocycles. The summed E-state index contributed by atoms with van der Waals surface area (Å²) in [5.41, 5.74) is 0.734. The Morgan fingerprint density at radius 2 is 1.56 bits per heavy atom. The predicted octanol–water partition coefficient (Wildman–Crippen LogP) is 4.64. The Hall–Kier alpha value is -4.14. The summed E-state index contributed by atoms with van der Waals surface area (Å²) in [5.74, 6) is -1.70. The Balaban J connectivity index is 2.43. The van der Waals surface area contributed by atoms with Crippen molar-refractivity contribution in [3.63, 3.8) is 0 Å². The zero-order chi connectivity index (χ0) is 30.8. The highest BCUT2D eigenvalue weighted by Gasteiger charge is 2.35. The van der Waals surface area contributed by atoms with Crippen LogP contribution in [-0.2, 0) is 30.3 Å². The van der Waals surface area contributed by atoms with Crippen LogP contribution in [-0.4, -0.2) is 59.1 Å². The molecule has 2 atom stereocenters. The van der Waals surface area contributed by atoms with E-state index in [4.69, 9.17) is 9.47 Å². The Bertz CT molecular complexity index is 1210. The highest BCUT2D eigenvalue weighted by atomic mass is 16.6. The SMILES string of the molecule is C=CCN(C(=O)CNC(=O)OC(C)(C)C)C(C(=O)NC(Cc1ccccc1)C(=O)OC(C)(C)C)c1cccc(C)c1. The topological polar surface area (TPSA) is 114 Å². The van der Waals surface area contributed by atoms with Crippen LogP contribution >= 0.6 is 0 Å². The number of nitrogens with one attached hydrogen (secondary N) is 2. The number of alkyl carbamates (subject to hydrolysis) is 1. The van der Waals surface area contributed by atoms with Crippen molar-refractivity contribution < 1.29 is 28.7 Å². The van der Waals surface area contributed by atoms with E-state index in [-0.39, 0.29) is 13.0 Å². The van der Waals surface area contributed by atoms with Gasteiger partial charge in [-0.05, 0) is 59.6 Å². The van der Waals surface area contributed by atoms with E-state index in [2.05, 4.69) is 17.2 Å². The van der Waals surface area contributed by atoms with Gasteiger partial charge in [0.15, 0.2) is 0 Å². The number of carbonyl (C=O) groups excluding carboxylic acids is 4. The fourth-order valence-electron chi connectivity index (χ4n) is 4.03. The van der Waals surface area contributed by atoms with Gasteiger partial charge in [0.25, 0.3) is 0 Å². The van der Waals surface area contributed by atoms with Gasteiger partial charge in [0.1, 0.15) is 29.8 Å². The molecule has 0 radical (unpaired) electrons. The standard InChI is InChI=1S/C32H43N3O6/c1-9-18-35(26(36)21-33-30(39)41-32(6,7)8)27(24-17-13-14-22(2)19-24)28(37)34-25(29(38)40-31(3,4)5)20-23-15-11-10-12-16-23/h9-17,19,25,27H,1,18,20-21H2,2-8H3,(H,33,39)(H,34,37). The highest BCUT2D eigenvalue weighted by Crippen LogP contribution is 2.24. The molecule has 41 heavy (non-hydrogen) atoms. The largest absolute Gasteiger partial charge is 0.458 e. The summed E-state index contributed by atoms with van der Waals surface area (Å²) in [6.07, 6.45) is 0.933. The highest BCUT2D eigenvalue weighted by molar-refractivity contribution is 5.93. The molecule has 0 aliphatic rings. The van der Waals surface area contributed by atoms with Crippen molar-refractivity contribution in [1.82, 2.24) is 15.5 Å². The summed E-state index contributed by atoms with van der Waals surface area (Å²) in [4.78, 5) is 54.2. The monoisotopic (exact) mass is 565 g/mol. The molecule has 0 spiro atoms. The molecule has 0 aromatic heterocycles. The summed E-state index contributed by atoms with van der Waals surface area (Å²) in [6.45, 7) is 15.6. The van der Waals surface area contributed by atoms with Gasteiger partial charge in [-0.2, -0.15) is 0 Å². The van der Waals surface area contributed by atoms with Crippen LogP contribution in [0.4, 0.5) is 4.79 Å². The van der Waals surface area contributed by atoms with E-state index in [1.165, 1.54) is 11.0 Å². The Morgan fingerprint density at radius 3 is 2.12 bits per heavy atom. The molecular weight excluding hydrogens is 522 g/mol. The minimum atomic E-state index is -1.12. The fourth-order valence-corrected chi connectivity index (χ4v) is 4.03. The first-order valence-corrected chi connectivity index (χ1v) is 13.6. The number of nitrogens with zero attached hydrogens (tertiary/aromatic N) is 1. The van der Waals surface area contributed by atoms with E-state index in [0.717, 1.165) is 11.1 Å². The van der Waals surface area contributed by atoms with Gasteiger partial charge in [0.2, 0.25) is 11.8 Å². The van der Waals surface area contributed by atoms with Crippen LogP contribution in [0.3, 0.4) is 0 Å². The van der Waals surface area contributed by atoms with Gasteiger partial charge in [0, 0.05) is 13.0 Å². The first kappa shape index (κ1) is 33.1. The van der Waals surface area contributed by atoms with Crippen molar-refractivity contribution in [2.75, 3.05) is 13.1 Å². The van der Waals surface area contributed by atoms with Gasteiger partial charge >= 0.3 is 12.1 Å². The van der Waals surface area contributed by atoms with Gasteiger partial charge in [-0.1, -0.05) is 66.2 Å². The molecule has 9 nitrogen and oxygen atoms in total. The normalized spacial score (nSPS) is 12.9. The second-order valence-electron chi connectivity index (χ2n) is 11.8. The molecule has 3 amide bonds. The van der Waals surface area contributed by atoms with Gasteiger partial charge in [-0.25, -0.2) is 9.59 Å². The van der Waals surface area contributed by atoms with Crippen LogP contribution in [0, 0.1) is 6.92 Å². The Morgan fingerprint density at radius 1 is 0.927 bits per heavy atom. The van der Waals surface area contributed by atoms with Crippen molar-refractivity contribution in [3.8, 4) is 0 Å². The van der Waals surface area contributed by atoms with Crippen molar-refractivity contribution in [2.45, 2.75) is 78.2 Å². The van der Waals surface area contributed by atoms with Crippen LogP contribution in [0.25, 0.3) is 0 Å². The van der Waals surface area contributed by atoms with Gasteiger partial charge in [-0.15, -0.1) is 6.58 Å². The van der Waals surface area contributed by atoms with Crippen LogP contribution < -0.4 is 10.6 Å². The number of benzene rings is 2. The molecule has 0 fully saturated rings. The van der Waals surface area contributed by atoms with E-state index in [1.807, 2.05) is 43.3 Å². The number of ether oxygens (including phenoxy) is 2. The van der Waals surface area contributed by atoms with Gasteiger partial charge < -0.3 is 25.0 Å². The molecule has 2 rings (SSSR count). The van der Waals surface area contributed by atoms with Crippen molar-refractivity contribution >= 4 is 23.9 Å². The minimum absolute atomic E-state index is 0.0106. The van der Waals surface area contributed by atoms with Gasteiger partial charge in [0.05, 0.1) is 0 Å². The van der Waals surface area contributed by atoms with E-state index < -0.39 is 53.7 Å². The Kier molecular flexibility index (Phi) is 11.7. The molecular formula is C32H43N3O6. The quantitative estimate of drug-likeness (QED) is 0.303.